The van der Waals surface area contributed by atoms with Gasteiger partial charge in [0.1, 0.15) is 23.3 Å². The van der Waals surface area contributed by atoms with E-state index in [4.69, 9.17) is 0 Å². The molecule has 31 heavy (non-hydrogen) atoms. The molecule has 0 radical (unpaired) electrons. The number of anilines is 1. The first-order chi connectivity index (χ1) is 14.9. The van der Waals surface area contributed by atoms with Gasteiger partial charge in [-0.2, -0.15) is 5.21 Å². The lowest BCUT2D eigenvalue weighted by molar-refractivity contribution is 0.582. The van der Waals surface area contributed by atoms with E-state index in [9.17, 15) is 12.8 Å². The number of aromatic nitrogens is 7. The number of nitrogens with one attached hydrogen (secondary N) is 3. The highest BCUT2D eigenvalue weighted by molar-refractivity contribution is 7.89. The van der Waals surface area contributed by atoms with E-state index in [1.165, 1.54) is 6.07 Å². The fourth-order valence-electron chi connectivity index (χ4n) is 2.84. The SMILES string of the molecule is Cc1nc(NCCNS(=O)(=O)c2ccc(F)c(-c3nn[nH]n3)c2)cc(-n2cccc2)n1. The molecule has 0 amide bonds. The minimum absolute atomic E-state index is 0.0335. The standard InChI is InChI=1S/C18H18FN9O2S/c1-12-22-16(11-17(23-12)28-8-2-3-9-28)20-6-7-21-31(29,30)13-4-5-15(19)14(10-13)18-24-26-27-25-18/h2-5,8-11,21H,6-7H2,1H3,(H,20,22,23)(H,24,25,26,27). The second-order valence-corrected chi connectivity index (χ2v) is 8.22. The summed E-state index contributed by atoms with van der Waals surface area (Å²) in [7, 11) is -3.88. The zero-order valence-corrected chi connectivity index (χ0v) is 17.1. The molecule has 3 heterocycles. The Balaban J connectivity index is 1.41. The Hall–Kier alpha value is -3.71. The average molecular weight is 443 g/mol. The van der Waals surface area contributed by atoms with Crippen LogP contribution in [0.3, 0.4) is 0 Å². The first kappa shape index (κ1) is 20.6. The molecule has 13 heteroatoms. The summed E-state index contributed by atoms with van der Waals surface area (Å²) in [5.41, 5.74) is -0.0660. The van der Waals surface area contributed by atoms with E-state index >= 15 is 0 Å². The van der Waals surface area contributed by atoms with Crippen molar-refractivity contribution in [2.24, 2.45) is 0 Å². The Morgan fingerprint density at radius 1 is 1.13 bits per heavy atom. The number of aryl methyl sites for hydroxylation is 1. The third-order valence-corrected chi connectivity index (χ3v) is 5.71. The number of aromatic amines is 1. The highest BCUT2D eigenvalue weighted by Gasteiger charge is 2.18. The molecule has 0 saturated heterocycles. The lowest BCUT2D eigenvalue weighted by Gasteiger charge is -2.11. The summed E-state index contributed by atoms with van der Waals surface area (Å²) in [6.45, 7) is 2.13. The number of rotatable bonds is 8. The Bertz CT molecular complexity index is 1280. The van der Waals surface area contributed by atoms with Crippen LogP contribution >= 0.6 is 0 Å². The van der Waals surface area contributed by atoms with Crippen LogP contribution in [0.1, 0.15) is 5.82 Å². The van der Waals surface area contributed by atoms with E-state index in [2.05, 4.69) is 40.6 Å². The molecule has 0 aliphatic carbocycles. The molecule has 4 rings (SSSR count). The van der Waals surface area contributed by atoms with E-state index in [0.29, 0.717) is 17.5 Å². The number of benzene rings is 1. The summed E-state index contributed by atoms with van der Waals surface area (Å²) in [5, 5.41) is 16.0. The van der Waals surface area contributed by atoms with Crippen molar-refractivity contribution in [3.05, 3.63) is 60.4 Å². The van der Waals surface area contributed by atoms with Gasteiger partial charge in [0.25, 0.3) is 0 Å². The quantitative estimate of drug-likeness (QED) is 0.346. The van der Waals surface area contributed by atoms with Gasteiger partial charge in [0, 0.05) is 31.5 Å². The number of tetrazole rings is 1. The number of halogens is 1. The number of sulfonamides is 1. The Morgan fingerprint density at radius 3 is 2.68 bits per heavy atom. The van der Waals surface area contributed by atoms with Crippen LogP contribution in [-0.2, 0) is 10.0 Å². The average Bonchev–Trinajstić information content (AvgIpc) is 3.45. The molecule has 3 N–H and O–H groups in total. The minimum atomic E-state index is -3.88. The molecule has 0 spiro atoms. The van der Waals surface area contributed by atoms with Crippen LogP contribution in [0, 0.1) is 12.7 Å². The normalized spacial score (nSPS) is 11.5. The molecule has 1 aromatic carbocycles. The van der Waals surface area contributed by atoms with Gasteiger partial charge >= 0.3 is 0 Å². The van der Waals surface area contributed by atoms with Gasteiger partial charge in [-0.05, 0) is 42.5 Å². The van der Waals surface area contributed by atoms with Crippen molar-refractivity contribution >= 4 is 15.8 Å². The second-order valence-electron chi connectivity index (χ2n) is 6.45. The van der Waals surface area contributed by atoms with Gasteiger partial charge in [-0.3, -0.25) is 0 Å². The van der Waals surface area contributed by atoms with Gasteiger partial charge in [-0.1, -0.05) is 0 Å². The molecule has 0 fully saturated rings. The van der Waals surface area contributed by atoms with E-state index in [0.717, 1.165) is 12.1 Å². The van der Waals surface area contributed by atoms with Crippen molar-refractivity contribution < 1.29 is 12.8 Å². The van der Waals surface area contributed by atoms with Crippen LogP contribution in [0.5, 0.6) is 0 Å². The van der Waals surface area contributed by atoms with Crippen LogP contribution in [0.2, 0.25) is 0 Å². The number of hydrogen-bond donors (Lipinski definition) is 3. The van der Waals surface area contributed by atoms with Crippen molar-refractivity contribution in [2.75, 3.05) is 18.4 Å². The predicted molar refractivity (Wildman–Crippen MR) is 109 cm³/mol. The summed E-state index contributed by atoms with van der Waals surface area (Å²) < 4.78 is 43.5. The molecule has 0 unspecified atom stereocenters. The van der Waals surface area contributed by atoms with Crippen molar-refractivity contribution in [2.45, 2.75) is 11.8 Å². The number of nitrogens with zero attached hydrogens (tertiary/aromatic N) is 6. The maximum atomic E-state index is 14.0. The molecule has 11 nitrogen and oxygen atoms in total. The maximum absolute atomic E-state index is 14.0. The Kier molecular flexibility index (Phi) is 5.68. The van der Waals surface area contributed by atoms with Gasteiger partial charge in [-0.25, -0.2) is 27.5 Å². The van der Waals surface area contributed by atoms with Crippen molar-refractivity contribution in [3.8, 4) is 17.2 Å². The fourth-order valence-corrected chi connectivity index (χ4v) is 3.90. The summed E-state index contributed by atoms with van der Waals surface area (Å²) in [6.07, 6.45) is 3.73. The molecule has 0 saturated carbocycles. The van der Waals surface area contributed by atoms with Crippen LogP contribution in [0.15, 0.2) is 53.7 Å². The maximum Gasteiger partial charge on any atom is 0.240 e. The van der Waals surface area contributed by atoms with Gasteiger partial charge in [-0.15, -0.1) is 10.2 Å². The van der Waals surface area contributed by atoms with Crippen molar-refractivity contribution in [1.29, 1.82) is 0 Å². The first-order valence-corrected chi connectivity index (χ1v) is 10.7. The zero-order chi connectivity index (χ0) is 21.8. The summed E-state index contributed by atoms with van der Waals surface area (Å²) in [5.74, 6) is 1.15. The molecule has 0 atom stereocenters. The third-order valence-electron chi connectivity index (χ3n) is 4.25. The minimum Gasteiger partial charge on any atom is -0.369 e. The van der Waals surface area contributed by atoms with E-state index in [1.54, 1.807) is 13.0 Å². The summed E-state index contributed by atoms with van der Waals surface area (Å²) >= 11 is 0. The number of H-pyrrole nitrogens is 1. The van der Waals surface area contributed by atoms with Crippen LogP contribution in [0.25, 0.3) is 17.2 Å². The largest absolute Gasteiger partial charge is 0.369 e. The predicted octanol–water partition coefficient (Wildman–Crippen LogP) is 1.29. The van der Waals surface area contributed by atoms with E-state index in [1.807, 2.05) is 29.1 Å². The monoisotopic (exact) mass is 443 g/mol. The lowest BCUT2D eigenvalue weighted by atomic mass is 10.2. The van der Waals surface area contributed by atoms with Gasteiger partial charge in [0.15, 0.2) is 0 Å². The molecular formula is C18H18FN9O2S. The first-order valence-electron chi connectivity index (χ1n) is 9.18. The second kappa shape index (κ2) is 8.57. The van der Waals surface area contributed by atoms with Crippen molar-refractivity contribution in [3.63, 3.8) is 0 Å². The number of hydrogen-bond acceptors (Lipinski definition) is 8. The highest BCUT2D eigenvalue weighted by atomic mass is 32.2. The Labute approximate surface area is 176 Å². The lowest BCUT2D eigenvalue weighted by Crippen LogP contribution is -2.29. The molecule has 3 aromatic heterocycles. The summed E-state index contributed by atoms with van der Waals surface area (Å²) in [4.78, 5) is 8.57. The zero-order valence-electron chi connectivity index (χ0n) is 16.3. The van der Waals surface area contributed by atoms with Gasteiger partial charge in [0.2, 0.25) is 15.8 Å². The summed E-state index contributed by atoms with van der Waals surface area (Å²) in [6, 6.07) is 8.92. The third kappa shape index (κ3) is 4.73. The molecule has 0 aliphatic rings. The van der Waals surface area contributed by atoms with E-state index < -0.39 is 15.8 Å². The van der Waals surface area contributed by atoms with Crippen LogP contribution < -0.4 is 10.0 Å². The van der Waals surface area contributed by atoms with Crippen LogP contribution in [-0.4, -0.2) is 56.7 Å². The molecular weight excluding hydrogens is 425 g/mol. The smallest absolute Gasteiger partial charge is 0.240 e. The van der Waals surface area contributed by atoms with Gasteiger partial charge in [0.05, 0.1) is 10.5 Å². The van der Waals surface area contributed by atoms with Crippen molar-refractivity contribution in [1.82, 2.24) is 39.9 Å². The van der Waals surface area contributed by atoms with Gasteiger partial charge < -0.3 is 9.88 Å². The molecule has 0 aliphatic heterocycles. The highest BCUT2D eigenvalue weighted by Crippen LogP contribution is 2.22. The fraction of sp³-hybridized carbons (Fsp3) is 0.167. The van der Waals surface area contributed by atoms with Crippen LogP contribution in [0.4, 0.5) is 10.2 Å². The van der Waals surface area contributed by atoms with E-state index in [-0.39, 0.29) is 29.4 Å². The molecule has 160 valence electrons. The Morgan fingerprint density at radius 2 is 1.94 bits per heavy atom. The topological polar surface area (TPSA) is 143 Å². The molecule has 4 aromatic rings. The molecule has 0 bridgehead atoms.